The van der Waals surface area contributed by atoms with E-state index in [1.54, 1.807) is 6.20 Å². The van der Waals surface area contributed by atoms with Crippen LogP contribution >= 0.6 is 0 Å². The van der Waals surface area contributed by atoms with Crippen LogP contribution in [0.1, 0.15) is 51.1 Å². The Labute approximate surface area is 110 Å². The van der Waals surface area contributed by atoms with Gasteiger partial charge in [-0.05, 0) is 31.4 Å². The van der Waals surface area contributed by atoms with Gasteiger partial charge in [0.05, 0.1) is 6.10 Å². The quantitative estimate of drug-likeness (QED) is 0.861. The number of hydrogen-bond donors (Lipinski definition) is 2. The summed E-state index contributed by atoms with van der Waals surface area (Å²) >= 11 is 0. The summed E-state index contributed by atoms with van der Waals surface area (Å²) in [6, 6.07) is 4.33. The van der Waals surface area contributed by atoms with Gasteiger partial charge in [-0.15, -0.1) is 0 Å². The number of nitrogens with zero attached hydrogens (tertiary/aromatic N) is 1. The minimum absolute atomic E-state index is 0.0225. The van der Waals surface area contributed by atoms with E-state index in [0.29, 0.717) is 0 Å². The molecule has 0 radical (unpaired) electrons. The lowest BCUT2D eigenvalue weighted by Crippen LogP contribution is -2.44. The number of aliphatic hydroxyl groups is 1. The zero-order valence-electron chi connectivity index (χ0n) is 11.4. The molecular formula is C15H24N2O. The summed E-state index contributed by atoms with van der Waals surface area (Å²) in [5.41, 5.74) is 1.22. The fourth-order valence-electron chi connectivity index (χ4n) is 2.72. The van der Waals surface area contributed by atoms with Crippen molar-refractivity contribution >= 4 is 0 Å². The van der Waals surface area contributed by atoms with E-state index in [9.17, 15) is 5.11 Å². The highest BCUT2D eigenvalue weighted by Crippen LogP contribution is 2.35. The molecule has 3 nitrogen and oxygen atoms in total. The standard InChI is InChI=1S/C15H24N2O/c1-12(13-6-5-9-16-10-13)17-11-15(2)8-4-3-7-14(15)18/h5-6,9-10,12,14,17-18H,3-4,7-8,11H2,1-2H3. The minimum Gasteiger partial charge on any atom is -0.393 e. The van der Waals surface area contributed by atoms with E-state index in [1.165, 1.54) is 12.0 Å². The van der Waals surface area contributed by atoms with Gasteiger partial charge in [-0.25, -0.2) is 0 Å². The van der Waals surface area contributed by atoms with E-state index in [4.69, 9.17) is 0 Å². The Kier molecular flexibility index (Phi) is 4.36. The van der Waals surface area contributed by atoms with E-state index < -0.39 is 0 Å². The molecule has 1 aromatic rings. The van der Waals surface area contributed by atoms with Gasteiger partial charge in [0.1, 0.15) is 0 Å². The molecule has 100 valence electrons. The van der Waals surface area contributed by atoms with Gasteiger partial charge in [0.15, 0.2) is 0 Å². The average molecular weight is 248 g/mol. The lowest BCUT2D eigenvalue weighted by molar-refractivity contribution is -0.0000170. The molecule has 0 saturated heterocycles. The van der Waals surface area contributed by atoms with Crippen LogP contribution in [-0.2, 0) is 0 Å². The van der Waals surface area contributed by atoms with E-state index in [-0.39, 0.29) is 17.6 Å². The third kappa shape index (κ3) is 3.09. The van der Waals surface area contributed by atoms with Crippen LogP contribution < -0.4 is 5.32 Å². The molecule has 1 fully saturated rings. The molecule has 1 heterocycles. The number of aromatic nitrogens is 1. The van der Waals surface area contributed by atoms with E-state index in [1.807, 2.05) is 12.3 Å². The molecule has 0 aliphatic heterocycles. The summed E-state index contributed by atoms with van der Waals surface area (Å²) < 4.78 is 0. The molecule has 0 spiro atoms. The zero-order valence-corrected chi connectivity index (χ0v) is 11.4. The minimum atomic E-state index is -0.167. The average Bonchev–Trinajstić information content (AvgIpc) is 2.41. The topological polar surface area (TPSA) is 45.1 Å². The fourth-order valence-corrected chi connectivity index (χ4v) is 2.72. The van der Waals surface area contributed by atoms with Crippen molar-refractivity contribution in [2.75, 3.05) is 6.54 Å². The van der Waals surface area contributed by atoms with Crippen LogP contribution in [0.3, 0.4) is 0 Å². The van der Waals surface area contributed by atoms with Crippen molar-refractivity contribution in [1.29, 1.82) is 0 Å². The molecule has 1 aromatic heterocycles. The Morgan fingerprint density at radius 1 is 1.56 bits per heavy atom. The molecule has 2 rings (SSSR count). The molecular weight excluding hydrogens is 224 g/mol. The molecule has 3 atom stereocenters. The number of hydrogen-bond acceptors (Lipinski definition) is 3. The second-order valence-corrected chi connectivity index (χ2v) is 5.80. The van der Waals surface area contributed by atoms with Gasteiger partial charge in [-0.1, -0.05) is 25.8 Å². The molecule has 1 aliphatic rings. The molecule has 1 saturated carbocycles. The van der Waals surface area contributed by atoms with Gasteiger partial charge < -0.3 is 10.4 Å². The monoisotopic (exact) mass is 248 g/mol. The number of nitrogens with one attached hydrogen (secondary N) is 1. The van der Waals surface area contributed by atoms with Crippen molar-refractivity contribution in [3.63, 3.8) is 0 Å². The Morgan fingerprint density at radius 3 is 3.06 bits per heavy atom. The highest BCUT2D eigenvalue weighted by molar-refractivity contribution is 5.12. The van der Waals surface area contributed by atoms with Gasteiger partial charge in [0.25, 0.3) is 0 Å². The predicted molar refractivity (Wildman–Crippen MR) is 73.2 cm³/mol. The molecule has 2 N–H and O–H groups in total. The zero-order chi connectivity index (χ0) is 13.0. The van der Waals surface area contributed by atoms with Crippen LogP contribution in [0.4, 0.5) is 0 Å². The van der Waals surface area contributed by atoms with Crippen molar-refractivity contribution < 1.29 is 5.11 Å². The number of rotatable bonds is 4. The van der Waals surface area contributed by atoms with E-state index in [0.717, 1.165) is 25.8 Å². The van der Waals surface area contributed by atoms with E-state index >= 15 is 0 Å². The van der Waals surface area contributed by atoms with Crippen LogP contribution in [0.5, 0.6) is 0 Å². The Hall–Kier alpha value is -0.930. The Balaban J connectivity index is 1.91. The van der Waals surface area contributed by atoms with Gasteiger partial charge in [-0.3, -0.25) is 4.98 Å². The first-order valence-corrected chi connectivity index (χ1v) is 6.93. The maximum atomic E-state index is 10.2. The van der Waals surface area contributed by atoms with Crippen molar-refractivity contribution in [2.24, 2.45) is 5.41 Å². The van der Waals surface area contributed by atoms with Gasteiger partial charge in [-0.2, -0.15) is 0 Å². The maximum absolute atomic E-state index is 10.2. The fraction of sp³-hybridized carbons (Fsp3) is 0.667. The summed E-state index contributed by atoms with van der Waals surface area (Å²) in [4.78, 5) is 4.14. The largest absolute Gasteiger partial charge is 0.393 e. The first-order valence-electron chi connectivity index (χ1n) is 6.93. The van der Waals surface area contributed by atoms with Crippen molar-refractivity contribution in [2.45, 2.75) is 51.7 Å². The highest BCUT2D eigenvalue weighted by atomic mass is 16.3. The molecule has 0 amide bonds. The molecule has 18 heavy (non-hydrogen) atoms. The molecule has 0 aromatic carbocycles. The van der Waals surface area contributed by atoms with Gasteiger partial charge in [0, 0.05) is 30.4 Å². The SMILES string of the molecule is CC(NCC1(C)CCCCC1O)c1cccnc1. The smallest absolute Gasteiger partial charge is 0.0605 e. The summed E-state index contributed by atoms with van der Waals surface area (Å²) in [7, 11) is 0. The first-order chi connectivity index (χ1) is 8.62. The Bertz CT molecular complexity index is 368. The third-order valence-corrected chi connectivity index (χ3v) is 4.28. The normalized spacial score (nSPS) is 30.1. The predicted octanol–water partition coefficient (Wildman–Crippen LogP) is 2.67. The second kappa shape index (κ2) is 5.81. The highest BCUT2D eigenvalue weighted by Gasteiger charge is 2.35. The molecule has 1 aliphatic carbocycles. The molecule has 0 bridgehead atoms. The van der Waals surface area contributed by atoms with Crippen LogP contribution in [0.2, 0.25) is 0 Å². The third-order valence-electron chi connectivity index (χ3n) is 4.28. The summed E-state index contributed by atoms with van der Waals surface area (Å²) in [6.45, 7) is 5.21. The number of aliphatic hydroxyl groups excluding tert-OH is 1. The van der Waals surface area contributed by atoms with Crippen LogP contribution in [0, 0.1) is 5.41 Å². The number of pyridine rings is 1. The first kappa shape index (κ1) is 13.5. The molecule has 3 heteroatoms. The van der Waals surface area contributed by atoms with Crippen molar-refractivity contribution in [3.8, 4) is 0 Å². The van der Waals surface area contributed by atoms with Crippen molar-refractivity contribution in [3.05, 3.63) is 30.1 Å². The second-order valence-electron chi connectivity index (χ2n) is 5.80. The van der Waals surface area contributed by atoms with Crippen molar-refractivity contribution in [1.82, 2.24) is 10.3 Å². The summed E-state index contributed by atoms with van der Waals surface area (Å²) in [6.07, 6.45) is 7.98. The maximum Gasteiger partial charge on any atom is 0.0605 e. The Morgan fingerprint density at radius 2 is 2.39 bits per heavy atom. The van der Waals surface area contributed by atoms with Gasteiger partial charge in [0.2, 0.25) is 0 Å². The van der Waals surface area contributed by atoms with Crippen LogP contribution in [0.15, 0.2) is 24.5 Å². The summed E-state index contributed by atoms with van der Waals surface area (Å²) in [5.74, 6) is 0. The van der Waals surface area contributed by atoms with Crippen LogP contribution in [-0.4, -0.2) is 22.7 Å². The van der Waals surface area contributed by atoms with E-state index in [2.05, 4.69) is 30.2 Å². The van der Waals surface area contributed by atoms with Crippen LogP contribution in [0.25, 0.3) is 0 Å². The van der Waals surface area contributed by atoms with Gasteiger partial charge >= 0.3 is 0 Å². The molecule has 3 unspecified atom stereocenters. The lowest BCUT2D eigenvalue weighted by atomic mass is 9.73. The lowest BCUT2D eigenvalue weighted by Gasteiger charge is -2.39. The summed E-state index contributed by atoms with van der Waals surface area (Å²) in [5, 5.41) is 13.7.